The van der Waals surface area contributed by atoms with Crippen molar-refractivity contribution in [3.63, 3.8) is 0 Å². The first-order valence-electron chi connectivity index (χ1n) is 8.36. The minimum atomic E-state index is -0.640. The first kappa shape index (κ1) is 16.8. The van der Waals surface area contributed by atoms with E-state index < -0.39 is 5.97 Å². The molecule has 2 N–H and O–H groups in total. The molecular formula is C17H31NO3. The van der Waals surface area contributed by atoms with E-state index in [1.807, 2.05) is 0 Å². The number of aliphatic carboxylic acids is 1. The molecule has 4 nitrogen and oxygen atoms in total. The molecule has 0 radical (unpaired) electrons. The molecule has 5 atom stereocenters. The summed E-state index contributed by atoms with van der Waals surface area (Å²) in [5.74, 6) is -0.502. The van der Waals surface area contributed by atoms with Gasteiger partial charge >= 0.3 is 5.97 Å². The predicted octanol–water partition coefficient (Wildman–Crippen LogP) is 3.06. The quantitative estimate of drug-likeness (QED) is 0.840. The third-order valence-corrected chi connectivity index (χ3v) is 5.89. The van der Waals surface area contributed by atoms with Crippen molar-refractivity contribution < 1.29 is 14.6 Å². The van der Waals surface area contributed by atoms with Crippen molar-refractivity contribution >= 4 is 5.97 Å². The second-order valence-corrected chi connectivity index (χ2v) is 7.78. The molecule has 1 saturated carbocycles. The molecule has 1 saturated heterocycles. The Hall–Kier alpha value is -0.610. The van der Waals surface area contributed by atoms with Crippen LogP contribution in [0.25, 0.3) is 0 Å². The van der Waals surface area contributed by atoms with E-state index in [0.29, 0.717) is 30.2 Å². The molecule has 21 heavy (non-hydrogen) atoms. The van der Waals surface area contributed by atoms with Crippen molar-refractivity contribution in [2.75, 3.05) is 0 Å². The molecule has 1 aliphatic heterocycles. The van der Waals surface area contributed by atoms with Crippen LogP contribution in [0.4, 0.5) is 0 Å². The monoisotopic (exact) mass is 297 g/mol. The number of carboxylic acids is 1. The molecule has 5 unspecified atom stereocenters. The summed E-state index contributed by atoms with van der Waals surface area (Å²) < 4.78 is 5.80. The summed E-state index contributed by atoms with van der Waals surface area (Å²) in [6, 6.07) is 0.909. The first-order valence-corrected chi connectivity index (χ1v) is 8.36. The standard InChI is InChI=1S/C17H31NO3/c1-10-8-13(9-11(2)21-10)18-15-7-6-14(16(19)20)17(4,5)12(15)3/h10-15,18H,6-9H2,1-5H3,(H,19,20). The van der Waals surface area contributed by atoms with Gasteiger partial charge in [-0.05, 0) is 50.9 Å². The molecule has 0 bridgehead atoms. The van der Waals surface area contributed by atoms with Crippen LogP contribution in [0.2, 0.25) is 0 Å². The first-order chi connectivity index (χ1) is 9.71. The number of rotatable bonds is 3. The van der Waals surface area contributed by atoms with E-state index in [2.05, 4.69) is 39.9 Å². The highest BCUT2D eigenvalue weighted by atomic mass is 16.5. The van der Waals surface area contributed by atoms with E-state index in [-0.39, 0.29) is 11.3 Å². The molecule has 4 heteroatoms. The highest BCUT2D eigenvalue weighted by molar-refractivity contribution is 5.71. The number of hydrogen-bond acceptors (Lipinski definition) is 3. The van der Waals surface area contributed by atoms with Crippen molar-refractivity contribution in [3.8, 4) is 0 Å². The van der Waals surface area contributed by atoms with E-state index in [1.54, 1.807) is 0 Å². The minimum Gasteiger partial charge on any atom is -0.481 e. The molecule has 2 fully saturated rings. The maximum Gasteiger partial charge on any atom is 0.307 e. The lowest BCUT2D eigenvalue weighted by Crippen LogP contribution is -2.55. The molecule has 122 valence electrons. The Kier molecular flexibility index (Phi) is 4.99. The van der Waals surface area contributed by atoms with Crippen LogP contribution in [-0.2, 0) is 9.53 Å². The fraction of sp³-hybridized carbons (Fsp3) is 0.941. The average Bonchev–Trinajstić information content (AvgIpc) is 2.33. The predicted molar refractivity (Wildman–Crippen MR) is 83.3 cm³/mol. The van der Waals surface area contributed by atoms with E-state index in [9.17, 15) is 9.90 Å². The number of carbonyl (C=O) groups is 1. The van der Waals surface area contributed by atoms with Crippen LogP contribution in [-0.4, -0.2) is 35.4 Å². The summed E-state index contributed by atoms with van der Waals surface area (Å²) in [4.78, 5) is 11.5. The Balaban J connectivity index is 2.00. The van der Waals surface area contributed by atoms with Gasteiger partial charge in [-0.3, -0.25) is 4.79 Å². The van der Waals surface area contributed by atoms with Gasteiger partial charge in [0.05, 0.1) is 18.1 Å². The van der Waals surface area contributed by atoms with E-state index in [4.69, 9.17) is 4.74 Å². The van der Waals surface area contributed by atoms with Crippen molar-refractivity contribution in [1.82, 2.24) is 5.32 Å². The fourth-order valence-electron chi connectivity index (χ4n) is 4.32. The topological polar surface area (TPSA) is 58.6 Å². The SMILES string of the molecule is CC1CC(NC2CCC(C(=O)O)C(C)(C)C2C)CC(C)O1. The molecule has 2 aliphatic rings. The molecule has 0 aromatic rings. The van der Waals surface area contributed by atoms with E-state index >= 15 is 0 Å². The smallest absolute Gasteiger partial charge is 0.307 e. The second-order valence-electron chi connectivity index (χ2n) is 7.78. The Morgan fingerprint density at radius 2 is 1.71 bits per heavy atom. The molecule has 2 rings (SSSR count). The van der Waals surface area contributed by atoms with Crippen LogP contribution >= 0.6 is 0 Å². The van der Waals surface area contributed by atoms with Gasteiger partial charge in [-0.15, -0.1) is 0 Å². The molecule has 1 heterocycles. The van der Waals surface area contributed by atoms with Gasteiger partial charge in [0.2, 0.25) is 0 Å². The summed E-state index contributed by atoms with van der Waals surface area (Å²) in [7, 11) is 0. The third kappa shape index (κ3) is 3.59. The Morgan fingerprint density at radius 3 is 2.24 bits per heavy atom. The van der Waals surface area contributed by atoms with Gasteiger partial charge < -0.3 is 15.2 Å². The zero-order chi connectivity index (χ0) is 15.8. The van der Waals surface area contributed by atoms with Crippen LogP contribution in [0.5, 0.6) is 0 Å². The molecule has 1 aliphatic carbocycles. The molecule has 0 amide bonds. The number of hydrogen-bond donors (Lipinski definition) is 2. The fourth-order valence-corrected chi connectivity index (χ4v) is 4.32. The van der Waals surface area contributed by atoms with Crippen molar-refractivity contribution in [3.05, 3.63) is 0 Å². The van der Waals surface area contributed by atoms with Gasteiger partial charge in [0.1, 0.15) is 0 Å². The van der Waals surface area contributed by atoms with Crippen LogP contribution in [0, 0.1) is 17.3 Å². The minimum absolute atomic E-state index is 0.163. The van der Waals surface area contributed by atoms with Crippen LogP contribution in [0.15, 0.2) is 0 Å². The zero-order valence-corrected chi connectivity index (χ0v) is 14.1. The van der Waals surface area contributed by atoms with Crippen LogP contribution in [0.3, 0.4) is 0 Å². The van der Waals surface area contributed by atoms with Gasteiger partial charge in [-0.2, -0.15) is 0 Å². The maximum absolute atomic E-state index is 11.5. The summed E-state index contributed by atoms with van der Waals surface area (Å²) in [6.45, 7) is 10.7. The van der Waals surface area contributed by atoms with E-state index in [1.165, 1.54) is 0 Å². The molecule has 0 spiro atoms. The molecule has 0 aromatic heterocycles. The molecular weight excluding hydrogens is 266 g/mol. The lowest BCUT2D eigenvalue weighted by molar-refractivity contribution is -0.150. The normalized spacial score (nSPS) is 43.5. The number of ether oxygens (including phenoxy) is 1. The van der Waals surface area contributed by atoms with Crippen molar-refractivity contribution in [2.24, 2.45) is 17.3 Å². The largest absolute Gasteiger partial charge is 0.481 e. The van der Waals surface area contributed by atoms with Crippen molar-refractivity contribution in [1.29, 1.82) is 0 Å². The zero-order valence-electron chi connectivity index (χ0n) is 14.1. The van der Waals surface area contributed by atoms with Gasteiger partial charge in [0.15, 0.2) is 0 Å². The Morgan fingerprint density at radius 1 is 1.14 bits per heavy atom. The van der Waals surface area contributed by atoms with E-state index in [0.717, 1.165) is 25.7 Å². The summed E-state index contributed by atoms with van der Waals surface area (Å²) in [5, 5.41) is 13.2. The Bertz CT molecular complexity index is 372. The summed E-state index contributed by atoms with van der Waals surface area (Å²) in [5.41, 5.74) is -0.163. The molecule has 0 aromatic carbocycles. The average molecular weight is 297 g/mol. The summed E-state index contributed by atoms with van der Waals surface area (Å²) in [6.07, 6.45) is 4.46. The van der Waals surface area contributed by atoms with Gasteiger partial charge in [0, 0.05) is 12.1 Å². The van der Waals surface area contributed by atoms with Crippen molar-refractivity contribution in [2.45, 2.75) is 84.6 Å². The highest BCUT2D eigenvalue weighted by Crippen LogP contribution is 2.45. The van der Waals surface area contributed by atoms with Gasteiger partial charge in [-0.1, -0.05) is 20.8 Å². The lowest BCUT2D eigenvalue weighted by Gasteiger charge is -2.48. The number of nitrogens with one attached hydrogen (secondary N) is 1. The maximum atomic E-state index is 11.5. The van der Waals surface area contributed by atoms with Gasteiger partial charge in [-0.25, -0.2) is 0 Å². The summed E-state index contributed by atoms with van der Waals surface area (Å²) >= 11 is 0. The highest BCUT2D eigenvalue weighted by Gasteiger charge is 2.46. The van der Waals surface area contributed by atoms with Gasteiger partial charge in [0.25, 0.3) is 0 Å². The van der Waals surface area contributed by atoms with Crippen LogP contribution in [0.1, 0.15) is 60.3 Å². The van der Waals surface area contributed by atoms with Crippen LogP contribution < -0.4 is 5.32 Å². The third-order valence-electron chi connectivity index (χ3n) is 5.89. The lowest BCUT2D eigenvalue weighted by atomic mass is 9.61. The number of carboxylic acid groups (broad SMARTS) is 1. The second kappa shape index (κ2) is 6.25. The Labute approximate surface area is 128 Å².